The summed E-state index contributed by atoms with van der Waals surface area (Å²) in [7, 11) is 0. The molecule has 1 heterocycles. The van der Waals surface area contributed by atoms with Gasteiger partial charge in [-0.1, -0.05) is 13.8 Å². The molecule has 13 heavy (non-hydrogen) atoms. The maximum Gasteiger partial charge on any atom is 0.354 e. The average molecular weight is 182 g/mol. The Morgan fingerprint density at radius 1 is 1.46 bits per heavy atom. The molecule has 0 aliphatic carbocycles. The summed E-state index contributed by atoms with van der Waals surface area (Å²) in [6.45, 7) is 4.00. The van der Waals surface area contributed by atoms with Gasteiger partial charge in [-0.25, -0.2) is 14.8 Å². The van der Waals surface area contributed by atoms with Crippen molar-refractivity contribution in [3.05, 3.63) is 23.8 Å². The van der Waals surface area contributed by atoms with Crippen molar-refractivity contribution in [2.24, 2.45) is 0 Å². The summed E-state index contributed by atoms with van der Waals surface area (Å²) in [5.74, 6) is -1.17. The summed E-state index contributed by atoms with van der Waals surface area (Å²) in [5.41, 5.74) is -0.112. The predicted molar refractivity (Wildman–Crippen MR) is 45.7 cm³/mol. The second kappa shape index (κ2) is 5.82. The van der Waals surface area contributed by atoms with E-state index in [1.807, 2.05) is 13.8 Å². The third-order valence-corrected chi connectivity index (χ3v) is 1.03. The third kappa shape index (κ3) is 3.42. The first-order valence-electron chi connectivity index (χ1n) is 3.74. The highest BCUT2D eigenvalue weighted by atomic mass is 16.4. The zero-order valence-electron chi connectivity index (χ0n) is 7.39. The van der Waals surface area contributed by atoms with Crippen LogP contribution in [0.2, 0.25) is 0 Å². The predicted octanol–water partition coefficient (Wildman–Crippen LogP) is 1.01. The average Bonchev–Trinajstić information content (AvgIpc) is 2.21. The Morgan fingerprint density at radius 2 is 2.08 bits per heavy atom. The number of carboxylic acid groups (broad SMARTS) is 1. The molecule has 0 saturated heterocycles. The van der Waals surface area contributed by atoms with Crippen molar-refractivity contribution in [1.82, 2.24) is 9.97 Å². The van der Waals surface area contributed by atoms with Crippen LogP contribution in [-0.2, 0) is 0 Å². The van der Waals surface area contributed by atoms with Crippen LogP contribution in [-0.4, -0.2) is 27.3 Å². The molecule has 0 aromatic carbocycles. The largest absolute Gasteiger partial charge is 0.477 e. The minimum Gasteiger partial charge on any atom is -0.477 e. The monoisotopic (exact) mass is 182 g/mol. The number of aromatic nitrogens is 2. The molecule has 1 aromatic heterocycles. The van der Waals surface area contributed by atoms with Crippen LogP contribution in [0.15, 0.2) is 12.4 Å². The summed E-state index contributed by atoms with van der Waals surface area (Å²) in [6, 6.07) is 1.11. The zero-order valence-corrected chi connectivity index (χ0v) is 7.39. The Labute approximate surface area is 75.5 Å². The van der Waals surface area contributed by atoms with Gasteiger partial charge < -0.3 is 5.11 Å². The van der Waals surface area contributed by atoms with E-state index in [0.29, 0.717) is 6.29 Å². The van der Waals surface area contributed by atoms with Crippen molar-refractivity contribution in [3.8, 4) is 0 Å². The molecule has 5 nitrogen and oxygen atoms in total. The van der Waals surface area contributed by atoms with Crippen LogP contribution in [0.3, 0.4) is 0 Å². The lowest BCUT2D eigenvalue weighted by Crippen LogP contribution is -2.02. The van der Waals surface area contributed by atoms with E-state index in [1.54, 1.807) is 0 Å². The van der Waals surface area contributed by atoms with Crippen LogP contribution in [0, 0.1) is 0 Å². The van der Waals surface area contributed by atoms with Crippen molar-refractivity contribution >= 4 is 12.3 Å². The van der Waals surface area contributed by atoms with E-state index in [9.17, 15) is 9.59 Å². The third-order valence-electron chi connectivity index (χ3n) is 1.03. The summed E-state index contributed by atoms with van der Waals surface area (Å²) >= 11 is 0. The van der Waals surface area contributed by atoms with Crippen molar-refractivity contribution < 1.29 is 14.7 Å². The van der Waals surface area contributed by atoms with E-state index in [4.69, 9.17) is 5.11 Å². The van der Waals surface area contributed by atoms with Gasteiger partial charge in [-0.15, -0.1) is 0 Å². The van der Waals surface area contributed by atoms with Gasteiger partial charge >= 0.3 is 5.97 Å². The van der Waals surface area contributed by atoms with Gasteiger partial charge in [0.05, 0.1) is 0 Å². The summed E-state index contributed by atoms with van der Waals surface area (Å²) in [6.07, 6.45) is 1.50. The molecule has 0 spiro atoms. The Kier molecular flexibility index (Phi) is 5.02. The van der Waals surface area contributed by atoms with Crippen LogP contribution in [0.4, 0.5) is 0 Å². The van der Waals surface area contributed by atoms with Gasteiger partial charge in [0.1, 0.15) is 12.0 Å². The molecule has 0 radical (unpaired) electrons. The van der Waals surface area contributed by atoms with Crippen LogP contribution in [0.1, 0.15) is 34.8 Å². The first-order chi connectivity index (χ1) is 6.24. The number of aromatic carboxylic acids is 1. The molecule has 1 rings (SSSR count). The molecule has 0 unspecified atom stereocenters. The SMILES string of the molecule is CC.O=Cc1cc(C(=O)O)ncn1. The van der Waals surface area contributed by atoms with Gasteiger partial charge in [-0.05, 0) is 0 Å². The van der Waals surface area contributed by atoms with Gasteiger partial charge in [0.15, 0.2) is 12.0 Å². The molecule has 1 N–H and O–H groups in total. The number of aldehydes is 1. The summed E-state index contributed by atoms with van der Waals surface area (Å²) < 4.78 is 0. The number of hydrogen-bond donors (Lipinski definition) is 1. The topological polar surface area (TPSA) is 80.2 Å². The van der Waals surface area contributed by atoms with Crippen molar-refractivity contribution in [3.63, 3.8) is 0 Å². The number of carboxylic acids is 1. The van der Waals surface area contributed by atoms with E-state index in [1.165, 1.54) is 0 Å². The highest BCUT2D eigenvalue weighted by Gasteiger charge is 2.04. The first-order valence-corrected chi connectivity index (χ1v) is 3.74. The molecule has 0 aliphatic heterocycles. The van der Waals surface area contributed by atoms with E-state index in [-0.39, 0.29) is 11.4 Å². The highest BCUT2D eigenvalue weighted by molar-refractivity contribution is 5.87. The van der Waals surface area contributed by atoms with Gasteiger partial charge in [-0.3, -0.25) is 4.79 Å². The molecule has 0 fully saturated rings. The lowest BCUT2D eigenvalue weighted by Gasteiger charge is -1.91. The van der Waals surface area contributed by atoms with Gasteiger partial charge in [-0.2, -0.15) is 0 Å². The van der Waals surface area contributed by atoms with Crippen LogP contribution in [0.5, 0.6) is 0 Å². The quantitative estimate of drug-likeness (QED) is 0.690. The standard InChI is InChI=1S/C6H4N2O3.C2H6/c9-2-4-1-5(6(10)11)8-3-7-4;1-2/h1-3H,(H,10,11);1-2H3. The molecular weight excluding hydrogens is 172 g/mol. The molecule has 0 bridgehead atoms. The van der Waals surface area contributed by atoms with E-state index in [0.717, 1.165) is 12.4 Å². The second-order valence-corrected chi connectivity index (χ2v) is 1.75. The highest BCUT2D eigenvalue weighted by Crippen LogP contribution is 1.94. The zero-order chi connectivity index (χ0) is 10.3. The number of carbonyl (C=O) groups is 2. The fourth-order valence-electron chi connectivity index (χ4n) is 0.554. The minimum absolute atomic E-state index is 0.0670. The molecule has 0 amide bonds. The number of carbonyl (C=O) groups excluding carboxylic acids is 1. The van der Waals surface area contributed by atoms with Gasteiger partial charge in [0.25, 0.3) is 0 Å². The maximum absolute atomic E-state index is 10.3. The minimum atomic E-state index is -1.17. The Bertz CT molecular complexity index is 299. The van der Waals surface area contributed by atoms with E-state index < -0.39 is 5.97 Å². The lowest BCUT2D eigenvalue weighted by molar-refractivity contribution is 0.0690. The molecular formula is C8H10N2O3. The summed E-state index contributed by atoms with van der Waals surface area (Å²) in [5, 5.41) is 8.40. The maximum atomic E-state index is 10.3. The number of hydrogen-bond acceptors (Lipinski definition) is 4. The molecule has 1 aromatic rings. The molecule has 5 heteroatoms. The molecule has 0 saturated carbocycles. The fraction of sp³-hybridized carbons (Fsp3) is 0.250. The van der Waals surface area contributed by atoms with Gasteiger partial charge in [0.2, 0.25) is 0 Å². The van der Waals surface area contributed by atoms with E-state index >= 15 is 0 Å². The van der Waals surface area contributed by atoms with E-state index in [2.05, 4.69) is 9.97 Å². The Morgan fingerprint density at radius 3 is 2.54 bits per heavy atom. The van der Waals surface area contributed by atoms with Gasteiger partial charge in [0, 0.05) is 6.07 Å². The molecule has 70 valence electrons. The number of rotatable bonds is 2. The smallest absolute Gasteiger partial charge is 0.354 e. The number of nitrogens with zero attached hydrogens (tertiary/aromatic N) is 2. The van der Waals surface area contributed by atoms with Crippen LogP contribution < -0.4 is 0 Å². The fourth-order valence-corrected chi connectivity index (χ4v) is 0.554. The normalized spacial score (nSPS) is 8.15. The Balaban J connectivity index is 0.000000671. The van der Waals surface area contributed by atoms with Crippen LogP contribution in [0.25, 0.3) is 0 Å². The summed E-state index contributed by atoms with van der Waals surface area (Å²) in [4.78, 5) is 27.3. The lowest BCUT2D eigenvalue weighted by atomic mass is 10.3. The molecule has 0 aliphatic rings. The van der Waals surface area contributed by atoms with Crippen molar-refractivity contribution in [2.75, 3.05) is 0 Å². The van der Waals surface area contributed by atoms with Crippen LogP contribution >= 0.6 is 0 Å². The van der Waals surface area contributed by atoms with Crippen molar-refractivity contribution in [1.29, 1.82) is 0 Å². The molecule has 0 atom stereocenters. The Hall–Kier alpha value is -1.78. The van der Waals surface area contributed by atoms with Crippen molar-refractivity contribution in [2.45, 2.75) is 13.8 Å². The first kappa shape index (κ1) is 11.2. The second-order valence-electron chi connectivity index (χ2n) is 1.75.